The van der Waals surface area contributed by atoms with Crippen LogP contribution in [0.15, 0.2) is 47.3 Å². The predicted octanol–water partition coefficient (Wildman–Crippen LogP) is 3.29. The van der Waals surface area contributed by atoms with Gasteiger partial charge in [0.25, 0.3) is 0 Å². The maximum Gasteiger partial charge on any atom is 0.122 e. The summed E-state index contributed by atoms with van der Waals surface area (Å²) < 4.78 is 5.68. The van der Waals surface area contributed by atoms with Gasteiger partial charge in [0.05, 0.1) is 12.3 Å². The van der Waals surface area contributed by atoms with E-state index in [-0.39, 0.29) is 12.1 Å². The minimum Gasteiger partial charge on any atom is -0.468 e. The van der Waals surface area contributed by atoms with Gasteiger partial charge in [0.2, 0.25) is 0 Å². The number of rotatable bonds is 5. The Balaban J connectivity index is 1.91. The zero-order valence-electron chi connectivity index (χ0n) is 12.5. The molecule has 0 bridgehead atoms. The lowest BCUT2D eigenvalue weighted by Gasteiger charge is -2.35. The molecule has 3 rings (SSSR count). The highest BCUT2D eigenvalue weighted by Crippen LogP contribution is 2.40. The molecule has 2 aromatic rings. The molecule has 4 heteroatoms. The fraction of sp³-hybridized carbons (Fsp3) is 0.471. The summed E-state index contributed by atoms with van der Waals surface area (Å²) in [5, 5.41) is 0. The Morgan fingerprint density at radius 2 is 2.33 bits per heavy atom. The number of nitrogens with zero attached hydrogens (tertiary/aromatic N) is 2. The molecule has 2 N–H and O–H groups in total. The summed E-state index contributed by atoms with van der Waals surface area (Å²) in [5.74, 6) is 0.972. The van der Waals surface area contributed by atoms with Crippen LogP contribution in [0, 0.1) is 0 Å². The van der Waals surface area contributed by atoms with Gasteiger partial charge < -0.3 is 10.2 Å². The fourth-order valence-corrected chi connectivity index (χ4v) is 3.36. The van der Waals surface area contributed by atoms with Crippen molar-refractivity contribution in [2.75, 3.05) is 6.54 Å². The first kappa shape index (κ1) is 14.3. The largest absolute Gasteiger partial charge is 0.468 e. The van der Waals surface area contributed by atoms with Gasteiger partial charge in [-0.2, -0.15) is 0 Å². The standard InChI is InChI=1S/C17H23N3O/c1-2-14(18)17(16-8-5-11-21-16)20-10-4-7-15(20)13-6-3-9-19-12-13/h3,5-6,8-9,11-12,14-15,17H,2,4,7,10,18H2,1H3. The van der Waals surface area contributed by atoms with Crippen molar-refractivity contribution in [3.63, 3.8) is 0 Å². The first-order chi connectivity index (χ1) is 10.3. The monoisotopic (exact) mass is 285 g/mol. The van der Waals surface area contributed by atoms with Crippen LogP contribution in [0.3, 0.4) is 0 Å². The molecule has 1 fully saturated rings. The summed E-state index contributed by atoms with van der Waals surface area (Å²) in [4.78, 5) is 6.76. The molecule has 1 aliphatic rings. The Kier molecular flexibility index (Phi) is 4.36. The Bertz CT molecular complexity index is 540. The molecular weight excluding hydrogens is 262 g/mol. The van der Waals surface area contributed by atoms with Crippen LogP contribution in [0.5, 0.6) is 0 Å². The summed E-state index contributed by atoms with van der Waals surface area (Å²) in [5.41, 5.74) is 7.68. The zero-order valence-corrected chi connectivity index (χ0v) is 12.5. The maximum atomic E-state index is 6.41. The highest BCUT2D eigenvalue weighted by Gasteiger charge is 2.36. The molecule has 4 nitrogen and oxygen atoms in total. The lowest BCUT2D eigenvalue weighted by molar-refractivity contribution is 0.134. The summed E-state index contributed by atoms with van der Waals surface area (Å²) in [6.07, 6.45) is 8.80. The van der Waals surface area contributed by atoms with Crippen molar-refractivity contribution in [1.82, 2.24) is 9.88 Å². The molecule has 0 aromatic carbocycles. The van der Waals surface area contributed by atoms with Crippen LogP contribution in [0.25, 0.3) is 0 Å². The molecule has 0 spiro atoms. The molecule has 1 saturated heterocycles. The normalized spacial score (nSPS) is 22.3. The van der Waals surface area contributed by atoms with Gasteiger partial charge in [0, 0.05) is 24.5 Å². The Hall–Kier alpha value is -1.65. The van der Waals surface area contributed by atoms with Crippen molar-refractivity contribution < 1.29 is 4.42 Å². The molecule has 3 heterocycles. The molecule has 21 heavy (non-hydrogen) atoms. The van der Waals surface area contributed by atoms with Crippen LogP contribution in [-0.2, 0) is 0 Å². The number of nitrogens with two attached hydrogens (primary N) is 1. The van der Waals surface area contributed by atoms with E-state index in [1.54, 1.807) is 6.26 Å². The molecular formula is C17H23N3O. The second kappa shape index (κ2) is 6.41. The van der Waals surface area contributed by atoms with Gasteiger partial charge in [0.1, 0.15) is 5.76 Å². The third-order valence-electron chi connectivity index (χ3n) is 4.43. The van der Waals surface area contributed by atoms with Gasteiger partial charge in [-0.05, 0) is 49.6 Å². The number of hydrogen-bond donors (Lipinski definition) is 1. The molecule has 2 aromatic heterocycles. The predicted molar refractivity (Wildman–Crippen MR) is 82.6 cm³/mol. The summed E-state index contributed by atoms with van der Waals surface area (Å²) in [7, 11) is 0. The second-order valence-corrected chi connectivity index (χ2v) is 5.71. The number of likely N-dealkylation sites (tertiary alicyclic amines) is 1. The number of hydrogen-bond acceptors (Lipinski definition) is 4. The van der Waals surface area contributed by atoms with E-state index in [0.717, 1.165) is 25.1 Å². The van der Waals surface area contributed by atoms with Crippen molar-refractivity contribution in [3.8, 4) is 0 Å². The van der Waals surface area contributed by atoms with Crippen molar-refractivity contribution in [2.45, 2.75) is 44.3 Å². The molecule has 3 unspecified atom stereocenters. The van der Waals surface area contributed by atoms with Gasteiger partial charge in [-0.3, -0.25) is 9.88 Å². The third kappa shape index (κ3) is 2.87. The van der Waals surface area contributed by atoms with Crippen LogP contribution in [0.1, 0.15) is 49.6 Å². The summed E-state index contributed by atoms with van der Waals surface area (Å²) in [6.45, 7) is 3.19. The van der Waals surface area contributed by atoms with Gasteiger partial charge in [-0.15, -0.1) is 0 Å². The summed E-state index contributed by atoms with van der Waals surface area (Å²) in [6, 6.07) is 8.75. The number of pyridine rings is 1. The van der Waals surface area contributed by atoms with Crippen LogP contribution < -0.4 is 5.73 Å². The average Bonchev–Trinajstić information content (AvgIpc) is 3.20. The average molecular weight is 285 g/mol. The zero-order chi connectivity index (χ0) is 14.7. The Morgan fingerprint density at radius 1 is 1.43 bits per heavy atom. The SMILES string of the molecule is CCC(N)C(c1ccco1)N1CCCC1c1cccnc1. The van der Waals surface area contributed by atoms with Crippen molar-refractivity contribution >= 4 is 0 Å². The smallest absolute Gasteiger partial charge is 0.122 e. The van der Waals surface area contributed by atoms with E-state index < -0.39 is 0 Å². The Morgan fingerprint density at radius 3 is 3.00 bits per heavy atom. The molecule has 0 amide bonds. The minimum absolute atomic E-state index is 0.0772. The third-order valence-corrected chi connectivity index (χ3v) is 4.43. The van der Waals surface area contributed by atoms with Crippen molar-refractivity contribution in [3.05, 3.63) is 54.2 Å². The molecule has 112 valence electrons. The molecule has 1 aliphatic heterocycles. The second-order valence-electron chi connectivity index (χ2n) is 5.71. The molecule has 0 aliphatic carbocycles. The first-order valence-electron chi connectivity index (χ1n) is 7.76. The Labute approximate surface area is 126 Å². The van der Waals surface area contributed by atoms with Crippen molar-refractivity contribution in [2.24, 2.45) is 5.73 Å². The van der Waals surface area contributed by atoms with E-state index in [2.05, 4.69) is 22.9 Å². The quantitative estimate of drug-likeness (QED) is 0.916. The van der Waals surface area contributed by atoms with E-state index in [0.29, 0.717) is 6.04 Å². The lowest BCUT2D eigenvalue weighted by atomic mass is 9.99. The van der Waals surface area contributed by atoms with E-state index in [1.807, 2.05) is 30.6 Å². The van der Waals surface area contributed by atoms with E-state index in [9.17, 15) is 0 Å². The first-order valence-corrected chi connectivity index (χ1v) is 7.76. The van der Waals surface area contributed by atoms with Gasteiger partial charge >= 0.3 is 0 Å². The van der Waals surface area contributed by atoms with Gasteiger partial charge in [-0.1, -0.05) is 13.0 Å². The highest BCUT2D eigenvalue weighted by atomic mass is 16.3. The van der Waals surface area contributed by atoms with Crippen LogP contribution in [0.4, 0.5) is 0 Å². The fourth-order valence-electron chi connectivity index (χ4n) is 3.36. The van der Waals surface area contributed by atoms with Gasteiger partial charge in [-0.25, -0.2) is 0 Å². The van der Waals surface area contributed by atoms with Crippen LogP contribution >= 0.6 is 0 Å². The van der Waals surface area contributed by atoms with Crippen LogP contribution in [0.2, 0.25) is 0 Å². The lowest BCUT2D eigenvalue weighted by Crippen LogP contribution is -2.40. The van der Waals surface area contributed by atoms with E-state index in [1.165, 1.54) is 12.0 Å². The van der Waals surface area contributed by atoms with E-state index >= 15 is 0 Å². The number of aromatic nitrogens is 1. The van der Waals surface area contributed by atoms with Crippen LogP contribution in [-0.4, -0.2) is 22.5 Å². The molecule has 3 atom stereocenters. The van der Waals surface area contributed by atoms with Crippen molar-refractivity contribution in [1.29, 1.82) is 0 Å². The molecule has 0 saturated carbocycles. The maximum absolute atomic E-state index is 6.41. The number of furan rings is 1. The minimum atomic E-state index is 0.0772. The topological polar surface area (TPSA) is 55.3 Å². The van der Waals surface area contributed by atoms with Gasteiger partial charge in [0.15, 0.2) is 0 Å². The highest BCUT2D eigenvalue weighted by molar-refractivity contribution is 5.18. The molecule has 0 radical (unpaired) electrons. The summed E-state index contributed by atoms with van der Waals surface area (Å²) >= 11 is 0. The van der Waals surface area contributed by atoms with E-state index in [4.69, 9.17) is 10.2 Å².